The molecule has 3 rings (SSSR count). The molecule has 1 aliphatic heterocycles. The number of hydrogen-bond acceptors (Lipinski definition) is 7. The van der Waals surface area contributed by atoms with Crippen molar-refractivity contribution in [2.24, 2.45) is 0 Å². The summed E-state index contributed by atoms with van der Waals surface area (Å²) in [5.74, 6) is -0.110. The largest absolute Gasteiger partial charge is 0.478 e. The van der Waals surface area contributed by atoms with Crippen molar-refractivity contribution in [3.8, 4) is 11.8 Å². The number of allylic oxidation sites excluding steroid dienone is 1. The summed E-state index contributed by atoms with van der Waals surface area (Å²) in [5, 5.41) is 19.4. The Balaban J connectivity index is 1.84. The van der Waals surface area contributed by atoms with Gasteiger partial charge in [-0.2, -0.15) is 5.26 Å². The molecule has 1 N–H and O–H groups in total. The highest BCUT2D eigenvalue weighted by Gasteiger charge is 2.38. The predicted molar refractivity (Wildman–Crippen MR) is 98.4 cm³/mol. The van der Waals surface area contributed by atoms with Crippen LogP contribution in [0.1, 0.15) is 16.5 Å². The summed E-state index contributed by atoms with van der Waals surface area (Å²) in [6.07, 6.45) is 3.40. The minimum Gasteiger partial charge on any atom is -0.478 e. The third-order valence-electron chi connectivity index (χ3n) is 3.23. The third-order valence-corrected chi connectivity index (χ3v) is 5.69. The van der Waals surface area contributed by atoms with Crippen molar-refractivity contribution in [3.63, 3.8) is 0 Å². The minimum atomic E-state index is -0.581. The summed E-state index contributed by atoms with van der Waals surface area (Å²) >= 11 is 5.95. The average molecular weight is 420 g/mol. The van der Waals surface area contributed by atoms with E-state index in [0.29, 0.717) is 25.2 Å². The van der Waals surface area contributed by atoms with Crippen LogP contribution in [0, 0.1) is 16.7 Å². The number of ether oxygens (including phenoxy) is 1. The van der Waals surface area contributed by atoms with Gasteiger partial charge in [-0.05, 0) is 39.7 Å². The lowest BCUT2D eigenvalue weighted by Crippen LogP contribution is -2.11. The van der Waals surface area contributed by atoms with Crippen molar-refractivity contribution in [2.75, 3.05) is 6.61 Å². The fourth-order valence-electron chi connectivity index (χ4n) is 2.18. The number of halogens is 1. The van der Waals surface area contributed by atoms with Gasteiger partial charge in [0.25, 0.3) is 0 Å². The van der Waals surface area contributed by atoms with E-state index in [1.165, 1.54) is 23.1 Å². The number of carbonyl (C=O) groups excluding carboxylic acids is 1. The van der Waals surface area contributed by atoms with Crippen LogP contribution < -0.4 is 4.74 Å². The van der Waals surface area contributed by atoms with Crippen molar-refractivity contribution >= 4 is 55.9 Å². The summed E-state index contributed by atoms with van der Waals surface area (Å²) in [5.41, 5.74) is 0.814. The van der Waals surface area contributed by atoms with E-state index in [-0.39, 0.29) is 12.4 Å². The summed E-state index contributed by atoms with van der Waals surface area (Å²) in [6.45, 7) is -0.0277. The van der Waals surface area contributed by atoms with E-state index in [0.717, 1.165) is 5.56 Å². The van der Waals surface area contributed by atoms with E-state index in [9.17, 15) is 4.79 Å². The smallest absolute Gasteiger partial charge is 0.186 e. The molecule has 1 atom stereocenters. The Morgan fingerprint density at radius 1 is 1.50 bits per heavy atom. The molecule has 1 aromatic carbocycles. The van der Waals surface area contributed by atoms with Crippen molar-refractivity contribution in [1.82, 2.24) is 4.98 Å². The maximum atomic E-state index is 12.6. The van der Waals surface area contributed by atoms with Gasteiger partial charge in [0.2, 0.25) is 0 Å². The van der Waals surface area contributed by atoms with Gasteiger partial charge in [0.05, 0.1) is 14.4 Å². The lowest BCUT2D eigenvalue weighted by molar-refractivity contribution is -0.114. The van der Waals surface area contributed by atoms with Gasteiger partial charge in [0.15, 0.2) is 12.4 Å². The zero-order chi connectivity index (χ0) is 17.1. The topological polar surface area (TPSA) is 86.8 Å². The van der Waals surface area contributed by atoms with Crippen LogP contribution in [0.3, 0.4) is 0 Å². The Kier molecular flexibility index (Phi) is 5.14. The Hall–Kier alpha value is -1.95. The summed E-state index contributed by atoms with van der Waals surface area (Å²) in [7, 11) is 0. The van der Waals surface area contributed by atoms with Crippen LogP contribution in [0.2, 0.25) is 0 Å². The normalized spacial score (nSPS) is 18.8. The number of rotatable bonds is 4. The Morgan fingerprint density at radius 3 is 3.00 bits per heavy atom. The van der Waals surface area contributed by atoms with E-state index in [4.69, 9.17) is 15.4 Å². The van der Waals surface area contributed by atoms with Crippen LogP contribution >= 0.6 is 39.0 Å². The molecule has 24 heavy (non-hydrogen) atoms. The number of nitrogens with zero attached hydrogens (tertiary/aromatic N) is 2. The van der Waals surface area contributed by atoms with Crippen molar-refractivity contribution in [3.05, 3.63) is 49.7 Å². The second-order valence-electron chi connectivity index (χ2n) is 4.78. The minimum absolute atomic E-state index is 0.0277. The number of nitrogens with one attached hydrogen (secondary N) is 1. The number of carbonyl (C=O) groups is 1. The van der Waals surface area contributed by atoms with Crippen LogP contribution in [0.5, 0.6) is 5.75 Å². The molecule has 2 aromatic rings. The molecule has 0 spiro atoms. The first-order chi connectivity index (χ1) is 11.6. The molecule has 0 radical (unpaired) electrons. The van der Waals surface area contributed by atoms with Crippen LogP contribution in [0.4, 0.5) is 0 Å². The first-order valence-corrected chi connectivity index (χ1v) is 9.30. The quantitative estimate of drug-likeness (QED) is 0.749. The van der Waals surface area contributed by atoms with Gasteiger partial charge in [-0.1, -0.05) is 17.8 Å². The maximum Gasteiger partial charge on any atom is 0.186 e. The molecule has 1 aliphatic rings. The van der Waals surface area contributed by atoms with Crippen molar-refractivity contribution in [2.45, 2.75) is 5.92 Å². The Labute approximate surface area is 155 Å². The zero-order valence-corrected chi connectivity index (χ0v) is 15.4. The summed E-state index contributed by atoms with van der Waals surface area (Å²) in [4.78, 5) is 17.3. The van der Waals surface area contributed by atoms with Gasteiger partial charge < -0.3 is 4.74 Å². The molecule has 8 heteroatoms. The molecule has 1 saturated heterocycles. The van der Waals surface area contributed by atoms with Crippen LogP contribution in [0.15, 0.2) is 39.2 Å². The fourth-order valence-corrected chi connectivity index (χ4v) is 4.49. The van der Waals surface area contributed by atoms with Gasteiger partial charge in [0.1, 0.15) is 22.7 Å². The first kappa shape index (κ1) is 16.9. The molecule has 2 heterocycles. The highest BCUT2D eigenvalue weighted by Crippen LogP contribution is 2.41. The van der Waals surface area contributed by atoms with Gasteiger partial charge >= 0.3 is 0 Å². The van der Waals surface area contributed by atoms with E-state index in [1.54, 1.807) is 29.8 Å². The number of aromatic nitrogens is 1. The lowest BCUT2D eigenvalue weighted by Gasteiger charge is -2.05. The summed E-state index contributed by atoms with van der Waals surface area (Å²) in [6, 6.07) is 7.27. The Bertz CT molecular complexity index is 872. The number of Topliss-reactive ketones (excluding diaryl/α,β-unsaturated/α-hetero) is 1. The molecule has 1 aromatic heterocycles. The number of nitriles is 1. The van der Waals surface area contributed by atoms with E-state index >= 15 is 0 Å². The molecular weight excluding hydrogens is 410 g/mol. The second kappa shape index (κ2) is 7.30. The standard InChI is InChI=1S/C16H10BrN3O2S2/c17-10-7-9(1-2-11(10)22-5-3-18)8-12-14(21)13(15(19)24-12)16-20-4-6-23-16/h1-2,4,6-8,13,19H,5H2/b12-8-,19-15?/t13-/m1/s1. The molecule has 0 unspecified atom stereocenters. The highest BCUT2D eigenvalue weighted by atomic mass is 79.9. The summed E-state index contributed by atoms with van der Waals surface area (Å²) < 4.78 is 5.98. The van der Waals surface area contributed by atoms with Gasteiger partial charge in [-0.3, -0.25) is 10.2 Å². The predicted octanol–water partition coefficient (Wildman–Crippen LogP) is 4.23. The van der Waals surface area contributed by atoms with Crippen LogP contribution in [-0.2, 0) is 4.79 Å². The number of thioether (sulfide) groups is 1. The van der Waals surface area contributed by atoms with Crippen LogP contribution in [-0.4, -0.2) is 22.4 Å². The van der Waals surface area contributed by atoms with E-state index in [1.807, 2.05) is 12.1 Å². The molecule has 120 valence electrons. The van der Waals surface area contributed by atoms with Gasteiger partial charge in [-0.15, -0.1) is 11.3 Å². The number of ketones is 1. The van der Waals surface area contributed by atoms with Crippen LogP contribution in [0.25, 0.3) is 6.08 Å². The van der Waals surface area contributed by atoms with Crippen molar-refractivity contribution < 1.29 is 9.53 Å². The third kappa shape index (κ3) is 3.43. The second-order valence-corrected chi connectivity index (χ2v) is 7.64. The number of thiazole rings is 1. The Morgan fingerprint density at radius 2 is 2.33 bits per heavy atom. The molecule has 1 fully saturated rings. The molecule has 0 bridgehead atoms. The highest BCUT2D eigenvalue weighted by molar-refractivity contribution is 9.10. The molecule has 0 saturated carbocycles. The monoisotopic (exact) mass is 419 g/mol. The van der Waals surface area contributed by atoms with Gasteiger partial charge in [-0.25, -0.2) is 4.98 Å². The van der Waals surface area contributed by atoms with Gasteiger partial charge in [0, 0.05) is 11.6 Å². The SMILES string of the molecule is N#CCOc1ccc(/C=C2\SC(=N)[C@H](c3nccs3)C2=O)cc1Br. The van der Waals surface area contributed by atoms with Crippen molar-refractivity contribution in [1.29, 1.82) is 10.7 Å². The first-order valence-electron chi connectivity index (χ1n) is 6.81. The molecular formula is C16H10BrN3O2S2. The zero-order valence-electron chi connectivity index (χ0n) is 12.2. The maximum absolute atomic E-state index is 12.6. The van der Waals surface area contributed by atoms with E-state index in [2.05, 4.69) is 20.9 Å². The number of benzene rings is 1. The lowest BCUT2D eigenvalue weighted by atomic mass is 10.1. The molecule has 5 nitrogen and oxygen atoms in total. The average Bonchev–Trinajstić information content (AvgIpc) is 3.15. The van der Waals surface area contributed by atoms with E-state index < -0.39 is 5.92 Å². The molecule has 0 amide bonds. The fraction of sp³-hybridized carbons (Fsp3) is 0.125. The number of hydrogen-bond donors (Lipinski definition) is 1. The molecule has 0 aliphatic carbocycles.